The Morgan fingerprint density at radius 1 is 1.33 bits per heavy atom. The molecule has 1 aliphatic heterocycles. The molecular weight excluding hydrogens is 297 g/mol. The monoisotopic (exact) mass is 311 g/mol. The maximum absolute atomic E-state index is 13.9. The zero-order chi connectivity index (χ0) is 14.7. The fraction of sp³-hybridized carbons (Fsp3) is 0.400. The molecule has 112 valence electrons. The lowest BCUT2D eigenvalue weighted by Gasteiger charge is -2.22. The quantitative estimate of drug-likeness (QED) is 0.869. The van der Waals surface area contributed by atoms with Crippen molar-refractivity contribution in [2.75, 3.05) is 26.4 Å². The number of hydrogen-bond acceptors (Lipinski definition) is 4. The van der Waals surface area contributed by atoms with Gasteiger partial charge < -0.3 is 14.2 Å². The molecule has 1 atom stereocenters. The minimum absolute atomic E-state index is 0.0537. The summed E-state index contributed by atoms with van der Waals surface area (Å²) in [6, 6.07) is 4.93. The van der Waals surface area contributed by atoms with Crippen molar-refractivity contribution in [3.05, 3.63) is 35.2 Å². The third-order valence-electron chi connectivity index (χ3n) is 3.35. The van der Waals surface area contributed by atoms with Crippen LogP contribution >= 0.6 is 11.6 Å². The largest absolute Gasteiger partial charge is 0.493 e. The molecule has 0 bridgehead atoms. The van der Waals surface area contributed by atoms with Crippen LogP contribution in [-0.4, -0.2) is 37.5 Å². The number of aromatic nitrogens is 1. The van der Waals surface area contributed by atoms with E-state index in [-0.39, 0.29) is 16.6 Å². The lowest BCUT2D eigenvalue weighted by Crippen LogP contribution is -2.29. The van der Waals surface area contributed by atoms with Gasteiger partial charge in [-0.3, -0.25) is 4.98 Å². The molecule has 0 radical (unpaired) electrons. The fourth-order valence-electron chi connectivity index (χ4n) is 2.26. The molecule has 1 aromatic carbocycles. The molecule has 4 nitrogen and oxygen atoms in total. The first-order valence-corrected chi connectivity index (χ1v) is 7.18. The highest BCUT2D eigenvalue weighted by Crippen LogP contribution is 2.29. The number of nitrogens with zero attached hydrogens (tertiary/aromatic N) is 1. The predicted molar refractivity (Wildman–Crippen MR) is 77.4 cm³/mol. The van der Waals surface area contributed by atoms with Gasteiger partial charge in [0.05, 0.1) is 37.6 Å². The molecule has 0 saturated carbocycles. The zero-order valence-electron chi connectivity index (χ0n) is 11.4. The minimum Gasteiger partial charge on any atom is -0.493 e. The average molecular weight is 312 g/mol. The van der Waals surface area contributed by atoms with E-state index in [0.29, 0.717) is 37.6 Å². The summed E-state index contributed by atoms with van der Waals surface area (Å²) in [5.74, 6) is 0.0657. The molecule has 0 spiro atoms. The SMILES string of the molecule is Fc1c(Cl)ccc2c(OCCC3COCCO3)ccnc12. The minimum atomic E-state index is -0.524. The average Bonchev–Trinajstić information content (AvgIpc) is 2.52. The van der Waals surface area contributed by atoms with Crippen LogP contribution in [0.5, 0.6) is 5.75 Å². The summed E-state index contributed by atoms with van der Waals surface area (Å²) in [5, 5.41) is 0.667. The van der Waals surface area contributed by atoms with E-state index in [4.69, 9.17) is 25.8 Å². The van der Waals surface area contributed by atoms with Gasteiger partial charge >= 0.3 is 0 Å². The Bertz CT molecular complexity index is 632. The van der Waals surface area contributed by atoms with Gasteiger partial charge in [-0.1, -0.05) is 11.6 Å². The van der Waals surface area contributed by atoms with Crippen molar-refractivity contribution < 1.29 is 18.6 Å². The van der Waals surface area contributed by atoms with Crippen molar-refractivity contribution in [1.82, 2.24) is 4.98 Å². The third-order valence-corrected chi connectivity index (χ3v) is 3.64. The predicted octanol–water partition coefficient (Wildman–Crippen LogP) is 3.21. The van der Waals surface area contributed by atoms with E-state index in [1.807, 2.05) is 0 Å². The topological polar surface area (TPSA) is 40.6 Å². The molecule has 6 heteroatoms. The highest BCUT2D eigenvalue weighted by Gasteiger charge is 2.15. The van der Waals surface area contributed by atoms with Crippen molar-refractivity contribution in [3.63, 3.8) is 0 Å². The summed E-state index contributed by atoms with van der Waals surface area (Å²) >= 11 is 5.76. The van der Waals surface area contributed by atoms with Crippen LogP contribution in [0, 0.1) is 5.82 Å². The summed E-state index contributed by atoms with van der Waals surface area (Å²) in [5.41, 5.74) is 0.220. The first-order chi connectivity index (χ1) is 10.3. The number of pyridine rings is 1. The summed E-state index contributed by atoms with van der Waals surface area (Å²) < 4.78 is 30.5. The van der Waals surface area contributed by atoms with Crippen LogP contribution in [0.1, 0.15) is 6.42 Å². The first kappa shape index (κ1) is 14.5. The van der Waals surface area contributed by atoms with Crippen LogP contribution in [-0.2, 0) is 9.47 Å². The molecule has 21 heavy (non-hydrogen) atoms. The van der Waals surface area contributed by atoms with Gasteiger partial charge in [0.15, 0.2) is 5.82 Å². The molecule has 1 aromatic heterocycles. The Morgan fingerprint density at radius 2 is 2.24 bits per heavy atom. The molecular formula is C15H15ClFNO3. The van der Waals surface area contributed by atoms with Crippen LogP contribution in [0.4, 0.5) is 4.39 Å². The maximum atomic E-state index is 13.9. The second-order valence-corrected chi connectivity index (χ2v) is 5.18. The van der Waals surface area contributed by atoms with Gasteiger partial charge in [-0.05, 0) is 18.2 Å². The Hall–Kier alpha value is -1.43. The summed E-state index contributed by atoms with van der Waals surface area (Å²) in [7, 11) is 0. The van der Waals surface area contributed by atoms with E-state index in [1.165, 1.54) is 12.3 Å². The molecule has 2 aromatic rings. The smallest absolute Gasteiger partial charge is 0.168 e. The fourth-order valence-corrected chi connectivity index (χ4v) is 2.42. The number of ether oxygens (including phenoxy) is 3. The van der Waals surface area contributed by atoms with Crippen molar-refractivity contribution in [2.24, 2.45) is 0 Å². The van der Waals surface area contributed by atoms with Gasteiger partial charge in [0.25, 0.3) is 0 Å². The lowest BCUT2D eigenvalue weighted by molar-refractivity contribution is -0.0935. The van der Waals surface area contributed by atoms with Gasteiger partial charge in [-0.25, -0.2) is 4.39 Å². The second kappa shape index (κ2) is 6.56. The molecule has 0 N–H and O–H groups in total. The maximum Gasteiger partial charge on any atom is 0.168 e. The summed E-state index contributed by atoms with van der Waals surface area (Å²) in [6.45, 7) is 2.32. The van der Waals surface area contributed by atoms with Gasteiger partial charge in [0, 0.05) is 18.0 Å². The van der Waals surface area contributed by atoms with E-state index in [2.05, 4.69) is 4.98 Å². The molecule has 1 unspecified atom stereocenters. The van der Waals surface area contributed by atoms with Gasteiger partial charge in [0.1, 0.15) is 11.3 Å². The van der Waals surface area contributed by atoms with Gasteiger partial charge in [-0.2, -0.15) is 0 Å². The number of rotatable bonds is 4. The normalized spacial score (nSPS) is 18.9. The summed E-state index contributed by atoms with van der Waals surface area (Å²) in [4.78, 5) is 4.02. The number of hydrogen-bond donors (Lipinski definition) is 0. The van der Waals surface area contributed by atoms with Crippen molar-refractivity contribution in [2.45, 2.75) is 12.5 Å². The summed E-state index contributed by atoms with van der Waals surface area (Å²) in [6.07, 6.45) is 2.29. The van der Waals surface area contributed by atoms with Crippen LogP contribution < -0.4 is 4.74 Å². The van der Waals surface area contributed by atoms with E-state index >= 15 is 0 Å². The van der Waals surface area contributed by atoms with Gasteiger partial charge in [-0.15, -0.1) is 0 Å². The van der Waals surface area contributed by atoms with E-state index < -0.39 is 5.82 Å². The highest BCUT2D eigenvalue weighted by molar-refractivity contribution is 6.31. The standard InChI is InChI=1S/C15H15ClFNO3/c16-12-2-1-11-13(3-5-18-15(11)14(12)17)21-6-4-10-9-19-7-8-20-10/h1-3,5,10H,4,6-9H2. The Balaban J connectivity index is 1.70. The number of fused-ring (bicyclic) bond motifs is 1. The molecule has 3 rings (SSSR count). The Kier molecular flexibility index (Phi) is 4.53. The third kappa shape index (κ3) is 3.26. The van der Waals surface area contributed by atoms with Gasteiger partial charge in [0.2, 0.25) is 0 Å². The molecule has 1 aliphatic rings. The van der Waals surface area contributed by atoms with Crippen LogP contribution in [0.25, 0.3) is 10.9 Å². The molecule has 1 fully saturated rings. The second-order valence-electron chi connectivity index (χ2n) is 4.77. The molecule has 0 aliphatic carbocycles. The van der Waals surface area contributed by atoms with Crippen molar-refractivity contribution in [3.8, 4) is 5.75 Å². The van der Waals surface area contributed by atoms with Crippen LogP contribution in [0.15, 0.2) is 24.4 Å². The number of halogens is 2. The first-order valence-electron chi connectivity index (χ1n) is 6.80. The molecule has 1 saturated heterocycles. The zero-order valence-corrected chi connectivity index (χ0v) is 12.1. The van der Waals surface area contributed by atoms with Crippen molar-refractivity contribution in [1.29, 1.82) is 0 Å². The molecule has 0 amide bonds. The number of benzene rings is 1. The lowest BCUT2D eigenvalue weighted by atomic mass is 10.2. The van der Waals surface area contributed by atoms with E-state index in [9.17, 15) is 4.39 Å². The van der Waals surface area contributed by atoms with E-state index in [1.54, 1.807) is 12.1 Å². The molecule has 2 heterocycles. The Morgan fingerprint density at radius 3 is 3.05 bits per heavy atom. The highest BCUT2D eigenvalue weighted by atomic mass is 35.5. The van der Waals surface area contributed by atoms with E-state index in [0.717, 1.165) is 6.42 Å². The van der Waals surface area contributed by atoms with Crippen molar-refractivity contribution >= 4 is 22.5 Å². The Labute approximate surface area is 126 Å². The van der Waals surface area contributed by atoms with Crippen LogP contribution in [0.3, 0.4) is 0 Å². The van der Waals surface area contributed by atoms with Crippen LogP contribution in [0.2, 0.25) is 5.02 Å².